The van der Waals surface area contributed by atoms with Gasteiger partial charge in [-0.3, -0.25) is 4.79 Å². The van der Waals surface area contributed by atoms with Gasteiger partial charge < -0.3 is 9.64 Å². The van der Waals surface area contributed by atoms with Crippen LogP contribution >= 0.6 is 0 Å². The summed E-state index contributed by atoms with van der Waals surface area (Å²) in [5.41, 5.74) is 1.01. The Hall–Kier alpha value is -1.91. The molecule has 1 aromatic carbocycles. The maximum atomic E-state index is 13.1. The third-order valence-corrected chi connectivity index (χ3v) is 3.49. The highest BCUT2D eigenvalue weighted by atomic mass is 19.1. The second kappa shape index (κ2) is 6.03. The highest BCUT2D eigenvalue weighted by molar-refractivity contribution is 5.98. The summed E-state index contributed by atoms with van der Waals surface area (Å²) >= 11 is 0. The quantitative estimate of drug-likeness (QED) is 0.798. The van der Waals surface area contributed by atoms with E-state index in [-0.39, 0.29) is 17.7 Å². The number of hydrogen-bond donors (Lipinski definition) is 0. The first-order valence-corrected chi connectivity index (χ1v) is 6.78. The van der Waals surface area contributed by atoms with E-state index in [1.165, 1.54) is 23.1 Å². The molecule has 0 spiro atoms. The fourth-order valence-electron chi connectivity index (χ4n) is 2.52. The number of amides is 1. The van der Waals surface area contributed by atoms with Crippen LogP contribution in [0, 0.1) is 12.7 Å². The molecule has 1 saturated heterocycles. The molecule has 20 heavy (non-hydrogen) atoms. The number of halogens is 1. The molecule has 1 atom stereocenters. The Morgan fingerprint density at radius 1 is 1.45 bits per heavy atom. The monoisotopic (exact) mass is 279 g/mol. The van der Waals surface area contributed by atoms with Crippen molar-refractivity contribution in [2.24, 2.45) is 0 Å². The van der Waals surface area contributed by atoms with Gasteiger partial charge >= 0.3 is 5.97 Å². The van der Waals surface area contributed by atoms with E-state index in [0.717, 1.165) is 6.42 Å². The molecule has 0 radical (unpaired) electrons. The number of carbonyl (C=O) groups is 2. The van der Waals surface area contributed by atoms with Crippen molar-refractivity contribution in [2.45, 2.75) is 32.7 Å². The molecule has 2 rings (SSSR count). The SMILES string of the molecule is CCOC(=O)C1CCCN1C(=O)c1ccc(F)cc1C. The lowest BCUT2D eigenvalue weighted by Crippen LogP contribution is -2.41. The van der Waals surface area contributed by atoms with Crippen LogP contribution in [-0.2, 0) is 9.53 Å². The summed E-state index contributed by atoms with van der Waals surface area (Å²) in [5, 5.41) is 0. The van der Waals surface area contributed by atoms with Crippen LogP contribution < -0.4 is 0 Å². The number of likely N-dealkylation sites (tertiary alicyclic amines) is 1. The summed E-state index contributed by atoms with van der Waals surface area (Å²) in [6, 6.07) is 3.53. The van der Waals surface area contributed by atoms with Crippen LogP contribution in [0.1, 0.15) is 35.7 Å². The molecule has 0 saturated carbocycles. The second-order valence-corrected chi connectivity index (χ2v) is 4.87. The van der Waals surface area contributed by atoms with E-state index in [1.54, 1.807) is 13.8 Å². The molecule has 1 heterocycles. The van der Waals surface area contributed by atoms with E-state index in [4.69, 9.17) is 4.74 Å². The number of hydrogen-bond acceptors (Lipinski definition) is 3. The summed E-state index contributed by atoms with van der Waals surface area (Å²) in [6.45, 7) is 4.25. The molecule has 1 amide bonds. The number of rotatable bonds is 3. The normalized spacial score (nSPS) is 18.1. The first kappa shape index (κ1) is 14.5. The molecule has 1 fully saturated rings. The largest absolute Gasteiger partial charge is 0.464 e. The first-order valence-electron chi connectivity index (χ1n) is 6.78. The van der Waals surface area contributed by atoms with Crippen molar-refractivity contribution in [1.82, 2.24) is 4.90 Å². The molecule has 0 bridgehead atoms. The minimum Gasteiger partial charge on any atom is -0.464 e. The number of esters is 1. The van der Waals surface area contributed by atoms with E-state index in [9.17, 15) is 14.0 Å². The zero-order chi connectivity index (χ0) is 14.7. The Balaban J connectivity index is 2.21. The van der Waals surface area contributed by atoms with Gasteiger partial charge in [-0.05, 0) is 50.5 Å². The molecular weight excluding hydrogens is 261 g/mol. The van der Waals surface area contributed by atoms with Gasteiger partial charge in [-0.1, -0.05) is 0 Å². The van der Waals surface area contributed by atoms with Crippen molar-refractivity contribution in [3.63, 3.8) is 0 Å². The maximum absolute atomic E-state index is 13.1. The third kappa shape index (κ3) is 2.81. The van der Waals surface area contributed by atoms with Crippen molar-refractivity contribution in [3.8, 4) is 0 Å². The van der Waals surface area contributed by atoms with Gasteiger partial charge in [0.1, 0.15) is 11.9 Å². The summed E-state index contributed by atoms with van der Waals surface area (Å²) in [5.74, 6) is -0.974. The fraction of sp³-hybridized carbons (Fsp3) is 0.467. The molecule has 0 aliphatic carbocycles. The number of aryl methyl sites for hydroxylation is 1. The minimum absolute atomic E-state index is 0.238. The smallest absolute Gasteiger partial charge is 0.328 e. The number of carbonyl (C=O) groups excluding carboxylic acids is 2. The standard InChI is InChI=1S/C15H18FNO3/c1-3-20-15(19)13-5-4-8-17(13)14(18)12-7-6-11(16)9-10(12)2/h6-7,9,13H,3-5,8H2,1-2H3. The van der Waals surface area contributed by atoms with Gasteiger partial charge in [-0.15, -0.1) is 0 Å². The van der Waals surface area contributed by atoms with Crippen molar-refractivity contribution >= 4 is 11.9 Å². The molecule has 108 valence electrons. The molecule has 0 aromatic heterocycles. The predicted octanol–water partition coefficient (Wildman–Crippen LogP) is 2.30. The Morgan fingerprint density at radius 3 is 2.85 bits per heavy atom. The van der Waals surface area contributed by atoms with E-state index < -0.39 is 6.04 Å². The van der Waals surface area contributed by atoms with Crippen LogP contribution in [-0.4, -0.2) is 36.0 Å². The van der Waals surface area contributed by atoms with E-state index in [0.29, 0.717) is 30.7 Å². The molecule has 5 heteroatoms. The van der Waals surface area contributed by atoms with Gasteiger partial charge in [0.05, 0.1) is 6.61 Å². The summed E-state index contributed by atoms with van der Waals surface area (Å²) < 4.78 is 18.1. The molecule has 1 aromatic rings. The van der Waals surface area contributed by atoms with Gasteiger partial charge in [0.25, 0.3) is 5.91 Å². The van der Waals surface area contributed by atoms with E-state index in [1.807, 2.05) is 0 Å². The number of nitrogens with zero attached hydrogens (tertiary/aromatic N) is 1. The highest BCUT2D eigenvalue weighted by Gasteiger charge is 2.35. The van der Waals surface area contributed by atoms with E-state index in [2.05, 4.69) is 0 Å². The maximum Gasteiger partial charge on any atom is 0.328 e. The van der Waals surface area contributed by atoms with Crippen LogP contribution in [0.15, 0.2) is 18.2 Å². The Labute approximate surface area is 117 Å². The lowest BCUT2D eigenvalue weighted by atomic mass is 10.1. The lowest BCUT2D eigenvalue weighted by Gasteiger charge is -2.23. The summed E-state index contributed by atoms with van der Waals surface area (Å²) in [6.07, 6.45) is 1.39. The fourth-order valence-corrected chi connectivity index (χ4v) is 2.52. The van der Waals surface area contributed by atoms with Gasteiger partial charge in [0.15, 0.2) is 0 Å². The summed E-state index contributed by atoms with van der Waals surface area (Å²) in [4.78, 5) is 25.9. The Kier molecular flexibility index (Phi) is 4.37. The Morgan fingerprint density at radius 2 is 2.20 bits per heavy atom. The lowest BCUT2D eigenvalue weighted by molar-refractivity contribution is -0.147. The number of ether oxygens (including phenoxy) is 1. The number of benzene rings is 1. The van der Waals surface area contributed by atoms with Gasteiger partial charge in [0.2, 0.25) is 0 Å². The highest BCUT2D eigenvalue weighted by Crippen LogP contribution is 2.23. The second-order valence-electron chi connectivity index (χ2n) is 4.87. The molecular formula is C15H18FNO3. The molecule has 0 N–H and O–H groups in total. The zero-order valence-electron chi connectivity index (χ0n) is 11.7. The van der Waals surface area contributed by atoms with Crippen molar-refractivity contribution in [2.75, 3.05) is 13.2 Å². The minimum atomic E-state index is -0.521. The van der Waals surface area contributed by atoms with Gasteiger partial charge in [-0.2, -0.15) is 0 Å². The van der Waals surface area contributed by atoms with Crippen molar-refractivity contribution < 1.29 is 18.7 Å². The van der Waals surface area contributed by atoms with E-state index >= 15 is 0 Å². The first-order chi connectivity index (χ1) is 9.54. The molecule has 4 nitrogen and oxygen atoms in total. The molecule has 1 aliphatic heterocycles. The Bertz CT molecular complexity index is 530. The molecule has 1 unspecified atom stereocenters. The molecule has 1 aliphatic rings. The van der Waals surface area contributed by atoms with Crippen LogP contribution in [0.4, 0.5) is 4.39 Å². The van der Waals surface area contributed by atoms with Crippen LogP contribution in [0.25, 0.3) is 0 Å². The predicted molar refractivity (Wildman–Crippen MR) is 71.8 cm³/mol. The van der Waals surface area contributed by atoms with Crippen molar-refractivity contribution in [1.29, 1.82) is 0 Å². The zero-order valence-corrected chi connectivity index (χ0v) is 11.7. The average Bonchev–Trinajstić information content (AvgIpc) is 2.87. The third-order valence-electron chi connectivity index (χ3n) is 3.49. The van der Waals surface area contributed by atoms with Gasteiger partial charge in [0, 0.05) is 12.1 Å². The van der Waals surface area contributed by atoms with Crippen LogP contribution in [0.2, 0.25) is 0 Å². The van der Waals surface area contributed by atoms with Crippen LogP contribution in [0.5, 0.6) is 0 Å². The summed E-state index contributed by atoms with van der Waals surface area (Å²) in [7, 11) is 0. The van der Waals surface area contributed by atoms with Crippen molar-refractivity contribution in [3.05, 3.63) is 35.1 Å². The average molecular weight is 279 g/mol. The van der Waals surface area contributed by atoms with Crippen LogP contribution in [0.3, 0.4) is 0 Å². The van der Waals surface area contributed by atoms with Gasteiger partial charge in [-0.25, -0.2) is 9.18 Å². The topological polar surface area (TPSA) is 46.6 Å².